The zero-order chi connectivity index (χ0) is 22.6. The van der Waals surface area contributed by atoms with Gasteiger partial charge in [0.1, 0.15) is 0 Å². The Labute approximate surface area is 189 Å². The van der Waals surface area contributed by atoms with Crippen molar-refractivity contribution < 1.29 is 17.9 Å². The van der Waals surface area contributed by atoms with Gasteiger partial charge in [0, 0.05) is 32.2 Å². The molecule has 0 atom stereocenters. The van der Waals surface area contributed by atoms with E-state index in [4.69, 9.17) is 4.74 Å². The van der Waals surface area contributed by atoms with Gasteiger partial charge in [0.05, 0.1) is 18.1 Å². The maximum atomic E-state index is 12.8. The predicted molar refractivity (Wildman–Crippen MR) is 124 cm³/mol. The van der Waals surface area contributed by atoms with E-state index in [0.29, 0.717) is 38.4 Å². The summed E-state index contributed by atoms with van der Waals surface area (Å²) < 4.78 is 32.1. The van der Waals surface area contributed by atoms with Gasteiger partial charge in [0.25, 0.3) is 5.91 Å². The lowest BCUT2D eigenvalue weighted by molar-refractivity contribution is 0.0730. The van der Waals surface area contributed by atoms with Crippen LogP contribution in [-0.4, -0.2) is 56.9 Å². The van der Waals surface area contributed by atoms with Crippen molar-refractivity contribution in [1.29, 1.82) is 0 Å². The number of ether oxygens (including phenoxy) is 1. The molecule has 1 heterocycles. The van der Waals surface area contributed by atoms with E-state index < -0.39 is 10.0 Å². The third kappa shape index (κ3) is 4.91. The van der Waals surface area contributed by atoms with Gasteiger partial charge in [0.15, 0.2) is 0 Å². The quantitative estimate of drug-likeness (QED) is 0.575. The molecule has 3 aromatic carbocycles. The van der Waals surface area contributed by atoms with Gasteiger partial charge in [-0.1, -0.05) is 54.6 Å². The number of carbonyl (C=O) groups is 1. The molecule has 1 saturated heterocycles. The van der Waals surface area contributed by atoms with E-state index in [9.17, 15) is 13.2 Å². The molecule has 0 N–H and O–H groups in total. The van der Waals surface area contributed by atoms with E-state index in [-0.39, 0.29) is 10.8 Å². The van der Waals surface area contributed by atoms with Crippen LogP contribution in [-0.2, 0) is 21.3 Å². The molecule has 0 bridgehead atoms. The summed E-state index contributed by atoms with van der Waals surface area (Å²) in [4.78, 5) is 14.7. The number of amides is 1. The Balaban J connectivity index is 1.41. The van der Waals surface area contributed by atoms with Crippen LogP contribution in [0.3, 0.4) is 0 Å². The molecule has 32 heavy (non-hydrogen) atoms. The van der Waals surface area contributed by atoms with Crippen molar-refractivity contribution in [2.45, 2.75) is 11.4 Å². The second kappa shape index (κ2) is 9.65. The molecule has 1 aliphatic heterocycles. The molecule has 0 aromatic heterocycles. The van der Waals surface area contributed by atoms with E-state index >= 15 is 0 Å². The fourth-order valence-corrected chi connectivity index (χ4v) is 5.11. The molecule has 1 amide bonds. The van der Waals surface area contributed by atoms with E-state index in [1.165, 1.54) is 16.4 Å². The second-order valence-corrected chi connectivity index (χ2v) is 9.70. The first-order chi connectivity index (χ1) is 15.4. The number of hydrogen-bond donors (Lipinski definition) is 0. The van der Waals surface area contributed by atoms with E-state index in [0.717, 1.165) is 16.7 Å². The summed E-state index contributed by atoms with van der Waals surface area (Å²) in [5, 5.41) is 0. The fourth-order valence-electron chi connectivity index (χ4n) is 3.70. The highest BCUT2D eigenvalue weighted by molar-refractivity contribution is 7.89. The molecule has 6 nitrogen and oxygen atoms in total. The van der Waals surface area contributed by atoms with Gasteiger partial charge in [0.2, 0.25) is 10.0 Å². The molecule has 0 aliphatic carbocycles. The molecule has 166 valence electrons. The molecular weight excluding hydrogens is 424 g/mol. The highest BCUT2D eigenvalue weighted by Crippen LogP contribution is 2.21. The Bertz CT molecular complexity index is 1150. The van der Waals surface area contributed by atoms with Crippen molar-refractivity contribution in [3.05, 3.63) is 90.0 Å². The van der Waals surface area contributed by atoms with Crippen LogP contribution in [0.2, 0.25) is 0 Å². The highest BCUT2D eigenvalue weighted by atomic mass is 32.2. The number of rotatable bonds is 6. The monoisotopic (exact) mass is 450 g/mol. The zero-order valence-corrected chi connectivity index (χ0v) is 18.8. The SMILES string of the molecule is CN(Cc1ccc(-c2ccccc2)cc1)C(=O)c1ccc(S(=O)(=O)N2CCOCC2)cc1. The van der Waals surface area contributed by atoms with Gasteiger partial charge in [-0.3, -0.25) is 4.79 Å². The number of hydrogen-bond acceptors (Lipinski definition) is 4. The Morgan fingerprint density at radius 3 is 2.09 bits per heavy atom. The van der Waals surface area contributed by atoms with E-state index in [1.807, 2.05) is 42.5 Å². The van der Waals surface area contributed by atoms with Crippen LogP contribution in [0.5, 0.6) is 0 Å². The summed E-state index contributed by atoms with van der Waals surface area (Å²) in [6, 6.07) is 24.4. The molecule has 0 saturated carbocycles. The minimum absolute atomic E-state index is 0.160. The largest absolute Gasteiger partial charge is 0.379 e. The lowest BCUT2D eigenvalue weighted by atomic mass is 10.0. The first-order valence-electron chi connectivity index (χ1n) is 10.5. The van der Waals surface area contributed by atoms with Gasteiger partial charge in [-0.15, -0.1) is 0 Å². The standard InChI is InChI=1S/C25H26N2O4S/c1-26(19-20-7-9-22(10-8-20)21-5-3-2-4-6-21)25(28)23-11-13-24(14-12-23)32(29,30)27-15-17-31-18-16-27/h2-14H,15-19H2,1H3. The Kier molecular flexibility index (Phi) is 6.69. The molecule has 4 rings (SSSR count). The number of benzene rings is 3. The van der Waals surface area contributed by atoms with Gasteiger partial charge in [-0.25, -0.2) is 8.42 Å². The maximum absolute atomic E-state index is 12.8. The molecule has 3 aromatic rings. The summed E-state index contributed by atoms with van der Waals surface area (Å²) in [5.41, 5.74) is 3.75. The van der Waals surface area contributed by atoms with Crippen LogP contribution < -0.4 is 0 Å². The number of nitrogens with zero attached hydrogens (tertiary/aromatic N) is 2. The molecule has 0 unspecified atom stereocenters. The lowest BCUT2D eigenvalue weighted by Crippen LogP contribution is -2.40. The fraction of sp³-hybridized carbons (Fsp3) is 0.240. The van der Waals surface area contributed by atoms with Crippen molar-refractivity contribution in [3.63, 3.8) is 0 Å². The molecule has 1 fully saturated rings. The summed E-state index contributed by atoms with van der Waals surface area (Å²) in [5.74, 6) is -0.160. The average Bonchev–Trinajstić information content (AvgIpc) is 2.85. The van der Waals surface area contributed by atoms with Gasteiger partial charge in [-0.2, -0.15) is 4.31 Å². The normalized spacial score (nSPS) is 14.8. The molecule has 0 radical (unpaired) electrons. The number of carbonyl (C=O) groups excluding carboxylic acids is 1. The average molecular weight is 451 g/mol. The third-order valence-electron chi connectivity index (χ3n) is 5.54. The van der Waals surface area contributed by atoms with Crippen LogP contribution in [0.1, 0.15) is 15.9 Å². The molecule has 1 aliphatic rings. The van der Waals surface area contributed by atoms with Crippen molar-refractivity contribution >= 4 is 15.9 Å². The first-order valence-corrected chi connectivity index (χ1v) is 12.0. The first kappa shape index (κ1) is 22.2. The van der Waals surface area contributed by atoms with Crippen LogP contribution in [0.15, 0.2) is 83.8 Å². The van der Waals surface area contributed by atoms with Crippen LogP contribution in [0.4, 0.5) is 0 Å². The Hall–Kier alpha value is -3.00. The third-order valence-corrected chi connectivity index (χ3v) is 7.45. The Morgan fingerprint density at radius 2 is 1.47 bits per heavy atom. The topological polar surface area (TPSA) is 66.9 Å². The summed E-state index contributed by atoms with van der Waals surface area (Å²) >= 11 is 0. The minimum atomic E-state index is -3.57. The summed E-state index contributed by atoms with van der Waals surface area (Å²) in [6.07, 6.45) is 0. The second-order valence-electron chi connectivity index (χ2n) is 7.76. The number of sulfonamides is 1. The van der Waals surface area contributed by atoms with Gasteiger partial charge in [-0.05, 0) is 41.0 Å². The van der Waals surface area contributed by atoms with Crippen LogP contribution in [0.25, 0.3) is 11.1 Å². The smallest absolute Gasteiger partial charge is 0.253 e. The maximum Gasteiger partial charge on any atom is 0.253 e. The van der Waals surface area contributed by atoms with Gasteiger partial charge >= 0.3 is 0 Å². The molecule has 7 heteroatoms. The van der Waals surface area contributed by atoms with Crippen molar-refractivity contribution in [2.75, 3.05) is 33.4 Å². The van der Waals surface area contributed by atoms with E-state index in [1.54, 1.807) is 24.1 Å². The molecule has 0 spiro atoms. The Morgan fingerprint density at radius 1 is 0.875 bits per heavy atom. The predicted octanol–water partition coefficient (Wildman–Crippen LogP) is 3.65. The summed E-state index contributed by atoms with van der Waals surface area (Å²) in [7, 11) is -1.83. The molecular formula is C25H26N2O4S. The zero-order valence-electron chi connectivity index (χ0n) is 18.0. The van der Waals surface area contributed by atoms with Crippen LogP contribution >= 0.6 is 0 Å². The lowest BCUT2D eigenvalue weighted by Gasteiger charge is -2.26. The van der Waals surface area contributed by atoms with Crippen molar-refractivity contribution in [2.24, 2.45) is 0 Å². The van der Waals surface area contributed by atoms with Gasteiger partial charge < -0.3 is 9.64 Å². The van der Waals surface area contributed by atoms with Crippen molar-refractivity contribution in [3.8, 4) is 11.1 Å². The number of morpholine rings is 1. The minimum Gasteiger partial charge on any atom is -0.379 e. The summed E-state index contributed by atoms with van der Waals surface area (Å²) in [6.45, 7) is 1.94. The van der Waals surface area contributed by atoms with Crippen molar-refractivity contribution in [1.82, 2.24) is 9.21 Å². The van der Waals surface area contributed by atoms with E-state index in [2.05, 4.69) is 12.1 Å². The van der Waals surface area contributed by atoms with Crippen LogP contribution in [0, 0.1) is 0 Å². The highest BCUT2D eigenvalue weighted by Gasteiger charge is 2.26.